The number of carboxylic acid groups (broad SMARTS) is 1. The van der Waals surface area contributed by atoms with Gasteiger partial charge in [-0.2, -0.15) is 0 Å². The van der Waals surface area contributed by atoms with Gasteiger partial charge in [-0.25, -0.2) is 9.59 Å². The van der Waals surface area contributed by atoms with Gasteiger partial charge in [0.2, 0.25) is 0 Å². The van der Waals surface area contributed by atoms with Gasteiger partial charge in [0.15, 0.2) is 29.8 Å². The van der Waals surface area contributed by atoms with E-state index in [4.69, 9.17) is 14.6 Å². The zero-order chi connectivity index (χ0) is 24.4. The second-order valence-electron chi connectivity index (χ2n) is 9.56. The summed E-state index contributed by atoms with van der Waals surface area (Å²) in [6.07, 6.45) is -0.271. The van der Waals surface area contributed by atoms with Crippen LogP contribution in [0.5, 0.6) is 11.5 Å². The Morgan fingerprint density at radius 1 is 1.29 bits per heavy atom. The highest BCUT2D eigenvalue weighted by molar-refractivity contribution is 5.84. The molecule has 6 atom stereocenters. The average molecular weight is 474 g/mol. The summed E-state index contributed by atoms with van der Waals surface area (Å²) < 4.78 is 16.2. The number of aliphatic hydroxyl groups is 2. The molecule has 1 aliphatic heterocycles. The van der Waals surface area contributed by atoms with Crippen molar-refractivity contribution < 1.29 is 49.0 Å². The number of aliphatic carboxylic acids is 1. The molecule has 0 unspecified atom stereocenters. The summed E-state index contributed by atoms with van der Waals surface area (Å²) in [7, 11) is 0. The molecule has 3 aliphatic carbocycles. The van der Waals surface area contributed by atoms with Gasteiger partial charge in [-0.15, -0.1) is 0 Å². The Morgan fingerprint density at radius 2 is 2.06 bits per heavy atom. The molecule has 4 N–H and O–H groups in total. The molecule has 1 heterocycles. The van der Waals surface area contributed by atoms with Crippen LogP contribution >= 0.6 is 0 Å². The maximum absolute atomic E-state index is 12.6. The predicted molar refractivity (Wildman–Crippen MR) is 113 cm³/mol. The number of hydrogen-bond acceptors (Lipinski definition) is 9. The fraction of sp³-hybridized carbons (Fsp3) is 0.542. The summed E-state index contributed by atoms with van der Waals surface area (Å²) in [5, 5.41) is 41.4. The van der Waals surface area contributed by atoms with Crippen LogP contribution in [0.1, 0.15) is 50.2 Å². The number of aliphatic hydroxyl groups excluding tert-OH is 1. The highest BCUT2D eigenvalue weighted by Gasteiger charge is 2.70. The first kappa shape index (κ1) is 22.7. The first-order valence-corrected chi connectivity index (χ1v) is 11.3. The third-order valence-electron chi connectivity index (χ3n) is 7.77. The number of esters is 2. The molecule has 0 amide bonds. The lowest BCUT2D eigenvalue weighted by Crippen LogP contribution is -2.67. The summed E-state index contributed by atoms with van der Waals surface area (Å²) in [6.45, 7) is 1.15. The second kappa shape index (κ2) is 7.71. The van der Waals surface area contributed by atoms with E-state index in [0.29, 0.717) is 12.8 Å². The van der Waals surface area contributed by atoms with Crippen LogP contribution in [0.25, 0.3) is 0 Å². The Bertz CT molecular complexity index is 1110. The van der Waals surface area contributed by atoms with Crippen LogP contribution < -0.4 is 4.74 Å². The van der Waals surface area contributed by atoms with Crippen LogP contribution in [0.2, 0.25) is 0 Å². The third kappa shape index (κ3) is 3.05. The number of hydrogen-bond donors (Lipinski definition) is 4. The number of carbonyl (C=O) groups is 3. The summed E-state index contributed by atoms with van der Waals surface area (Å²) in [6, 6.07) is 3.40. The molecular formula is C24H26O10. The fourth-order valence-electron chi connectivity index (χ4n) is 6.25. The predicted octanol–water partition coefficient (Wildman–Crippen LogP) is 1.08. The minimum Gasteiger partial charge on any atom is -0.504 e. The van der Waals surface area contributed by atoms with Crippen molar-refractivity contribution in [1.82, 2.24) is 0 Å². The van der Waals surface area contributed by atoms with Gasteiger partial charge in [-0.3, -0.25) is 4.79 Å². The van der Waals surface area contributed by atoms with E-state index in [0.717, 1.165) is 30.9 Å². The highest BCUT2D eigenvalue weighted by Crippen LogP contribution is 2.67. The van der Waals surface area contributed by atoms with Gasteiger partial charge in [-0.1, -0.05) is 12.5 Å². The lowest BCUT2D eigenvalue weighted by molar-refractivity contribution is -0.170. The quantitative estimate of drug-likeness (QED) is 0.439. The van der Waals surface area contributed by atoms with E-state index in [2.05, 4.69) is 4.74 Å². The molecule has 1 fully saturated rings. The molecule has 1 spiro atoms. The zero-order valence-electron chi connectivity index (χ0n) is 18.5. The maximum atomic E-state index is 12.6. The van der Waals surface area contributed by atoms with Crippen LogP contribution in [-0.4, -0.2) is 62.2 Å². The van der Waals surface area contributed by atoms with E-state index in [1.807, 2.05) is 6.07 Å². The van der Waals surface area contributed by atoms with Gasteiger partial charge in [0.25, 0.3) is 0 Å². The van der Waals surface area contributed by atoms with Crippen molar-refractivity contribution in [2.45, 2.75) is 74.8 Å². The summed E-state index contributed by atoms with van der Waals surface area (Å²) in [4.78, 5) is 35.3. The summed E-state index contributed by atoms with van der Waals surface area (Å²) in [5.74, 6) is -3.24. The number of carboxylic acids is 1. The van der Waals surface area contributed by atoms with E-state index in [9.17, 15) is 29.7 Å². The number of rotatable bonds is 6. The lowest BCUT2D eigenvalue weighted by Gasteiger charge is -2.59. The van der Waals surface area contributed by atoms with Crippen molar-refractivity contribution in [1.29, 1.82) is 0 Å². The average Bonchev–Trinajstić information content (AvgIpc) is 3.12. The number of aromatic hydroxyl groups is 1. The zero-order valence-corrected chi connectivity index (χ0v) is 18.5. The highest BCUT2D eigenvalue weighted by atomic mass is 16.6. The molecule has 2 bridgehead atoms. The number of phenols is 1. The van der Waals surface area contributed by atoms with Crippen molar-refractivity contribution in [3.63, 3.8) is 0 Å². The van der Waals surface area contributed by atoms with E-state index >= 15 is 0 Å². The van der Waals surface area contributed by atoms with Crippen molar-refractivity contribution in [3.05, 3.63) is 35.1 Å². The first-order valence-electron chi connectivity index (χ1n) is 11.3. The molecule has 5 rings (SSSR count). The first-order chi connectivity index (χ1) is 16.1. The topological polar surface area (TPSA) is 160 Å². The van der Waals surface area contributed by atoms with Crippen LogP contribution in [0.4, 0.5) is 0 Å². The summed E-state index contributed by atoms with van der Waals surface area (Å²) >= 11 is 0. The van der Waals surface area contributed by atoms with E-state index in [1.54, 1.807) is 12.1 Å². The van der Waals surface area contributed by atoms with Crippen LogP contribution in [0, 0.1) is 5.92 Å². The minimum atomic E-state index is -1.88. The number of phenolic OH excluding ortho intramolecular Hbond substituents is 1. The Labute approximate surface area is 194 Å². The Kier molecular flexibility index (Phi) is 5.14. The van der Waals surface area contributed by atoms with Crippen molar-refractivity contribution in [2.24, 2.45) is 5.92 Å². The second-order valence-corrected chi connectivity index (χ2v) is 9.56. The molecule has 4 aliphatic rings. The normalized spacial score (nSPS) is 31.9. The molecule has 0 radical (unpaired) electrons. The van der Waals surface area contributed by atoms with E-state index < -0.39 is 53.7 Å². The van der Waals surface area contributed by atoms with Crippen molar-refractivity contribution in [3.8, 4) is 11.5 Å². The molecule has 0 aromatic heterocycles. The molecule has 34 heavy (non-hydrogen) atoms. The van der Waals surface area contributed by atoms with Gasteiger partial charge in [0.05, 0.1) is 17.4 Å². The molecule has 10 heteroatoms. The Balaban J connectivity index is 1.40. The van der Waals surface area contributed by atoms with Gasteiger partial charge in [0.1, 0.15) is 5.76 Å². The smallest absolute Gasteiger partial charge is 0.344 e. The van der Waals surface area contributed by atoms with Gasteiger partial charge >= 0.3 is 17.9 Å². The van der Waals surface area contributed by atoms with Crippen LogP contribution in [-0.2, 0) is 35.7 Å². The van der Waals surface area contributed by atoms with Crippen LogP contribution in [0.3, 0.4) is 0 Å². The molecule has 182 valence electrons. The molecule has 10 nitrogen and oxygen atoms in total. The Morgan fingerprint density at radius 3 is 2.79 bits per heavy atom. The number of ether oxygens (including phenoxy) is 3. The maximum Gasteiger partial charge on any atom is 0.344 e. The number of carbonyl (C=O) groups excluding carboxylic acids is 2. The molecule has 1 saturated carbocycles. The van der Waals surface area contributed by atoms with Gasteiger partial charge in [-0.05, 0) is 56.2 Å². The van der Waals surface area contributed by atoms with E-state index in [1.165, 1.54) is 0 Å². The van der Waals surface area contributed by atoms with Crippen molar-refractivity contribution >= 4 is 17.9 Å². The molecule has 1 aromatic rings. The Hall–Kier alpha value is -3.11. The number of benzene rings is 1. The minimum absolute atomic E-state index is 0.0135. The largest absolute Gasteiger partial charge is 0.504 e. The fourth-order valence-corrected chi connectivity index (χ4v) is 6.25. The van der Waals surface area contributed by atoms with Crippen LogP contribution in [0.15, 0.2) is 24.0 Å². The molecular weight excluding hydrogens is 448 g/mol. The third-order valence-corrected chi connectivity index (χ3v) is 7.77. The summed E-state index contributed by atoms with van der Waals surface area (Å²) in [5.41, 5.74) is -0.285. The molecule has 1 aromatic carbocycles. The van der Waals surface area contributed by atoms with Gasteiger partial charge < -0.3 is 34.6 Å². The lowest BCUT2D eigenvalue weighted by atomic mass is 9.47. The van der Waals surface area contributed by atoms with E-state index in [-0.39, 0.29) is 29.6 Å². The van der Waals surface area contributed by atoms with Gasteiger partial charge in [0, 0.05) is 5.56 Å². The standard InChI is InChI=1S/C24H26O10/c1-11(21(28)29)32-17(27)10-15(26)22(30)33-16-6-8-24(31)13-3-2-7-23(24)18-12(9-13)4-5-14(25)19(18)34-20(16)23/h4-6,11,13,15,20,25-26,31H,2-3,7-10H2,1H3,(H,28,29)/t11-,13+,15-,20-,23-,24+/m0/s1. The SMILES string of the molecule is C[C@H](OC(=O)C[C@H](O)C(=O)OC1=CC[C@@]2(O)[C@@H]3CCC[C@@]24c2c(ccc(O)c2O[C@@H]14)C3)C(=O)O. The monoisotopic (exact) mass is 474 g/mol. The van der Waals surface area contributed by atoms with Crippen molar-refractivity contribution in [2.75, 3.05) is 0 Å². The molecule has 0 saturated heterocycles.